The van der Waals surface area contributed by atoms with Crippen LogP contribution >= 0.6 is 11.6 Å². The molecule has 0 saturated heterocycles. The van der Waals surface area contributed by atoms with Crippen LogP contribution in [0.4, 0.5) is 0 Å². The van der Waals surface area contributed by atoms with Gasteiger partial charge in [0.05, 0.1) is 5.02 Å². The maximum Gasteiger partial charge on any atom is 0.146 e. The SMILES string of the molecule is Cc1ccc(Oc2ccc(C(C)N)cc2Cl)cc1. The summed E-state index contributed by atoms with van der Waals surface area (Å²) in [5, 5.41) is 0.574. The Morgan fingerprint density at radius 1 is 1.11 bits per heavy atom. The van der Waals surface area contributed by atoms with Crippen molar-refractivity contribution in [3.8, 4) is 11.5 Å². The fourth-order valence-electron chi connectivity index (χ4n) is 1.62. The molecule has 0 spiro atoms. The summed E-state index contributed by atoms with van der Waals surface area (Å²) in [6.45, 7) is 3.96. The van der Waals surface area contributed by atoms with E-state index in [4.69, 9.17) is 22.1 Å². The zero-order chi connectivity index (χ0) is 13.1. The molecule has 2 aromatic carbocycles. The van der Waals surface area contributed by atoms with Gasteiger partial charge in [0.25, 0.3) is 0 Å². The van der Waals surface area contributed by atoms with Gasteiger partial charge in [-0.15, -0.1) is 0 Å². The Labute approximate surface area is 112 Å². The number of nitrogens with two attached hydrogens (primary N) is 1. The summed E-state index contributed by atoms with van der Waals surface area (Å²) in [5.41, 5.74) is 7.99. The highest BCUT2D eigenvalue weighted by molar-refractivity contribution is 6.32. The average molecular weight is 262 g/mol. The van der Waals surface area contributed by atoms with Crippen LogP contribution in [0, 0.1) is 6.92 Å². The molecule has 1 atom stereocenters. The lowest BCUT2D eigenvalue weighted by molar-refractivity contribution is 0.482. The number of aryl methyl sites for hydroxylation is 1. The summed E-state index contributed by atoms with van der Waals surface area (Å²) in [6.07, 6.45) is 0. The van der Waals surface area contributed by atoms with Gasteiger partial charge in [0.2, 0.25) is 0 Å². The van der Waals surface area contributed by atoms with Crippen molar-refractivity contribution < 1.29 is 4.74 Å². The van der Waals surface area contributed by atoms with Gasteiger partial charge in [-0.3, -0.25) is 0 Å². The Hall–Kier alpha value is -1.51. The lowest BCUT2D eigenvalue weighted by atomic mass is 10.1. The normalized spacial score (nSPS) is 12.2. The Kier molecular flexibility index (Phi) is 3.90. The van der Waals surface area contributed by atoms with Gasteiger partial charge in [0.1, 0.15) is 11.5 Å². The quantitative estimate of drug-likeness (QED) is 0.885. The summed E-state index contributed by atoms with van der Waals surface area (Å²) in [5.74, 6) is 1.42. The molecule has 18 heavy (non-hydrogen) atoms. The third kappa shape index (κ3) is 3.03. The van der Waals surface area contributed by atoms with E-state index in [1.807, 2.05) is 56.3 Å². The van der Waals surface area contributed by atoms with E-state index < -0.39 is 0 Å². The standard InChI is InChI=1S/C15H16ClNO/c1-10-3-6-13(7-4-10)18-15-8-5-12(11(2)17)9-14(15)16/h3-9,11H,17H2,1-2H3. The highest BCUT2D eigenvalue weighted by Gasteiger charge is 2.06. The molecule has 0 saturated carbocycles. The number of halogens is 1. The van der Waals surface area contributed by atoms with Gasteiger partial charge in [-0.1, -0.05) is 35.4 Å². The first-order chi connectivity index (χ1) is 8.56. The second kappa shape index (κ2) is 5.42. The Morgan fingerprint density at radius 2 is 1.78 bits per heavy atom. The van der Waals surface area contributed by atoms with Crippen LogP contribution in [-0.2, 0) is 0 Å². The third-order valence-electron chi connectivity index (χ3n) is 2.73. The van der Waals surface area contributed by atoms with Crippen LogP contribution in [0.1, 0.15) is 24.1 Å². The smallest absolute Gasteiger partial charge is 0.146 e. The molecule has 0 aliphatic rings. The first-order valence-electron chi connectivity index (χ1n) is 5.86. The highest BCUT2D eigenvalue weighted by Crippen LogP contribution is 2.31. The first kappa shape index (κ1) is 12.9. The van der Waals surface area contributed by atoms with Crippen LogP contribution in [0.25, 0.3) is 0 Å². The van der Waals surface area contributed by atoms with Crippen LogP contribution in [0.5, 0.6) is 11.5 Å². The first-order valence-corrected chi connectivity index (χ1v) is 6.23. The van der Waals surface area contributed by atoms with Gasteiger partial charge >= 0.3 is 0 Å². The van der Waals surface area contributed by atoms with E-state index in [1.165, 1.54) is 5.56 Å². The Bertz CT molecular complexity index is 535. The molecule has 2 aromatic rings. The topological polar surface area (TPSA) is 35.2 Å². The predicted molar refractivity (Wildman–Crippen MR) is 75.3 cm³/mol. The Balaban J connectivity index is 2.22. The number of hydrogen-bond acceptors (Lipinski definition) is 2. The molecule has 0 aliphatic heterocycles. The molecule has 2 N–H and O–H groups in total. The molecule has 0 heterocycles. The van der Waals surface area contributed by atoms with Crippen LogP contribution in [0.3, 0.4) is 0 Å². The van der Waals surface area contributed by atoms with Crippen LogP contribution in [0.2, 0.25) is 5.02 Å². The molecule has 0 fully saturated rings. The lowest BCUT2D eigenvalue weighted by Crippen LogP contribution is -2.04. The van der Waals surface area contributed by atoms with Crippen LogP contribution in [0.15, 0.2) is 42.5 Å². The summed E-state index contributed by atoms with van der Waals surface area (Å²) in [4.78, 5) is 0. The minimum atomic E-state index is -0.0316. The molecule has 0 radical (unpaired) electrons. The van der Waals surface area contributed by atoms with Crippen LogP contribution in [-0.4, -0.2) is 0 Å². The molecule has 94 valence electrons. The van der Waals surface area contributed by atoms with Crippen molar-refractivity contribution in [2.75, 3.05) is 0 Å². The molecule has 0 bridgehead atoms. The lowest BCUT2D eigenvalue weighted by Gasteiger charge is -2.11. The summed E-state index contributed by atoms with van der Waals surface area (Å²) in [7, 11) is 0. The van der Waals surface area contributed by atoms with Crippen molar-refractivity contribution >= 4 is 11.6 Å². The van der Waals surface area contributed by atoms with Gasteiger partial charge in [0.15, 0.2) is 0 Å². The zero-order valence-electron chi connectivity index (χ0n) is 10.5. The van der Waals surface area contributed by atoms with E-state index in [9.17, 15) is 0 Å². The molecule has 2 rings (SSSR count). The molecule has 2 nitrogen and oxygen atoms in total. The van der Waals surface area contributed by atoms with Gasteiger partial charge in [-0.05, 0) is 43.7 Å². The predicted octanol–water partition coefficient (Wildman–Crippen LogP) is 4.46. The minimum absolute atomic E-state index is 0.0316. The maximum atomic E-state index is 6.17. The van der Waals surface area contributed by atoms with Crippen molar-refractivity contribution in [2.24, 2.45) is 5.73 Å². The monoisotopic (exact) mass is 261 g/mol. The average Bonchev–Trinajstić information content (AvgIpc) is 2.34. The summed E-state index contributed by atoms with van der Waals surface area (Å²) < 4.78 is 5.73. The van der Waals surface area contributed by atoms with Crippen molar-refractivity contribution in [2.45, 2.75) is 19.9 Å². The summed E-state index contributed by atoms with van der Waals surface area (Å²) in [6, 6.07) is 13.4. The van der Waals surface area contributed by atoms with E-state index >= 15 is 0 Å². The number of benzene rings is 2. The molecule has 0 aromatic heterocycles. The maximum absolute atomic E-state index is 6.17. The van der Waals surface area contributed by atoms with Crippen molar-refractivity contribution in [1.82, 2.24) is 0 Å². The largest absolute Gasteiger partial charge is 0.456 e. The van der Waals surface area contributed by atoms with E-state index in [-0.39, 0.29) is 6.04 Å². The molecule has 0 aliphatic carbocycles. The van der Waals surface area contributed by atoms with E-state index in [1.54, 1.807) is 0 Å². The van der Waals surface area contributed by atoms with Crippen LogP contribution < -0.4 is 10.5 Å². The number of rotatable bonds is 3. The van der Waals surface area contributed by atoms with Gasteiger partial charge in [-0.25, -0.2) is 0 Å². The van der Waals surface area contributed by atoms with Gasteiger partial charge < -0.3 is 10.5 Å². The van der Waals surface area contributed by atoms with Crippen molar-refractivity contribution in [1.29, 1.82) is 0 Å². The molecule has 3 heteroatoms. The summed E-state index contributed by atoms with van der Waals surface area (Å²) >= 11 is 6.17. The Morgan fingerprint density at radius 3 is 2.33 bits per heavy atom. The second-order valence-electron chi connectivity index (χ2n) is 4.39. The molecule has 1 unspecified atom stereocenters. The second-order valence-corrected chi connectivity index (χ2v) is 4.80. The number of hydrogen-bond donors (Lipinski definition) is 1. The fourth-order valence-corrected chi connectivity index (χ4v) is 1.84. The van der Waals surface area contributed by atoms with Gasteiger partial charge in [0, 0.05) is 6.04 Å². The highest BCUT2D eigenvalue weighted by atomic mass is 35.5. The van der Waals surface area contributed by atoms with E-state index in [0.29, 0.717) is 10.8 Å². The zero-order valence-corrected chi connectivity index (χ0v) is 11.2. The molecular formula is C15H16ClNO. The van der Waals surface area contributed by atoms with E-state index in [2.05, 4.69) is 0 Å². The fraction of sp³-hybridized carbons (Fsp3) is 0.200. The van der Waals surface area contributed by atoms with Crippen molar-refractivity contribution in [3.05, 3.63) is 58.6 Å². The molecule has 0 amide bonds. The van der Waals surface area contributed by atoms with Crippen molar-refractivity contribution in [3.63, 3.8) is 0 Å². The minimum Gasteiger partial charge on any atom is -0.456 e. The molecular weight excluding hydrogens is 246 g/mol. The number of ether oxygens (including phenoxy) is 1. The third-order valence-corrected chi connectivity index (χ3v) is 3.03. The van der Waals surface area contributed by atoms with E-state index in [0.717, 1.165) is 11.3 Å². The van der Waals surface area contributed by atoms with Gasteiger partial charge in [-0.2, -0.15) is 0 Å².